The number of nitrogens with one attached hydrogen (secondary N) is 1. The third-order valence-corrected chi connectivity index (χ3v) is 3.05. The van der Waals surface area contributed by atoms with Gasteiger partial charge >= 0.3 is 0 Å². The summed E-state index contributed by atoms with van der Waals surface area (Å²) in [5.74, 6) is 0. The Morgan fingerprint density at radius 1 is 1.00 bits per heavy atom. The van der Waals surface area contributed by atoms with Crippen molar-refractivity contribution in [1.82, 2.24) is 15.6 Å². The Labute approximate surface area is 102 Å². The van der Waals surface area contributed by atoms with Crippen molar-refractivity contribution >= 4 is 0 Å². The van der Waals surface area contributed by atoms with Gasteiger partial charge in [-0.25, -0.2) is 10.4 Å². The molecule has 0 radical (unpaired) electrons. The van der Waals surface area contributed by atoms with Crippen LogP contribution in [0.5, 0.6) is 0 Å². The molecule has 0 spiro atoms. The van der Waals surface area contributed by atoms with Crippen LogP contribution in [0.15, 0.2) is 0 Å². The zero-order valence-corrected chi connectivity index (χ0v) is 11.9. The maximum Gasteiger partial charge on any atom is 0.0202 e. The van der Waals surface area contributed by atoms with E-state index < -0.39 is 0 Å². The molecule has 0 fully saturated rings. The fourth-order valence-electron chi connectivity index (χ4n) is 1.94. The highest BCUT2D eigenvalue weighted by atomic mass is 15.8. The first-order valence-electron chi connectivity index (χ1n) is 6.81. The van der Waals surface area contributed by atoms with Crippen molar-refractivity contribution in [2.75, 3.05) is 20.6 Å². The fourth-order valence-corrected chi connectivity index (χ4v) is 1.94. The second-order valence-electron chi connectivity index (χ2n) is 4.77. The Morgan fingerprint density at radius 3 is 2.06 bits per heavy atom. The van der Waals surface area contributed by atoms with Gasteiger partial charge in [0.15, 0.2) is 0 Å². The minimum absolute atomic E-state index is 0.563. The molecule has 0 rings (SSSR count). The van der Waals surface area contributed by atoms with Crippen molar-refractivity contribution in [2.24, 2.45) is 0 Å². The molecule has 0 aliphatic rings. The average molecular weight is 229 g/mol. The molecule has 0 aliphatic heterocycles. The first-order valence-corrected chi connectivity index (χ1v) is 6.81. The third kappa shape index (κ3) is 7.20. The molecule has 0 aliphatic carbocycles. The summed E-state index contributed by atoms with van der Waals surface area (Å²) in [6.07, 6.45) is 8.18. The van der Waals surface area contributed by atoms with Crippen LogP contribution < -0.4 is 5.43 Å². The van der Waals surface area contributed by atoms with E-state index in [0.717, 1.165) is 6.54 Å². The summed E-state index contributed by atoms with van der Waals surface area (Å²) in [4.78, 5) is 0. The summed E-state index contributed by atoms with van der Waals surface area (Å²) in [7, 11) is 4.05. The van der Waals surface area contributed by atoms with Crippen molar-refractivity contribution in [2.45, 2.75) is 65.3 Å². The van der Waals surface area contributed by atoms with Gasteiger partial charge in [-0.2, -0.15) is 5.12 Å². The van der Waals surface area contributed by atoms with Crippen molar-refractivity contribution in [1.29, 1.82) is 0 Å². The van der Waals surface area contributed by atoms with Gasteiger partial charge in [0.2, 0.25) is 0 Å². The molecule has 0 saturated heterocycles. The van der Waals surface area contributed by atoms with Crippen LogP contribution in [0.3, 0.4) is 0 Å². The molecule has 3 nitrogen and oxygen atoms in total. The molecule has 0 atom stereocenters. The normalized spacial score (nSPS) is 12.0. The van der Waals surface area contributed by atoms with E-state index in [2.05, 4.69) is 43.4 Å². The Kier molecular flexibility index (Phi) is 9.99. The van der Waals surface area contributed by atoms with Crippen molar-refractivity contribution in [3.8, 4) is 0 Å². The predicted molar refractivity (Wildman–Crippen MR) is 72.0 cm³/mol. The van der Waals surface area contributed by atoms with E-state index in [1.165, 1.54) is 38.5 Å². The maximum absolute atomic E-state index is 3.17. The molecule has 16 heavy (non-hydrogen) atoms. The summed E-state index contributed by atoms with van der Waals surface area (Å²) in [6, 6.07) is 0.563. The lowest BCUT2D eigenvalue weighted by Crippen LogP contribution is -2.50. The second-order valence-corrected chi connectivity index (χ2v) is 4.77. The quantitative estimate of drug-likeness (QED) is 0.459. The minimum Gasteiger partial charge on any atom is -0.245 e. The molecule has 0 bridgehead atoms. The molecule has 0 amide bonds. The molecule has 0 aromatic heterocycles. The van der Waals surface area contributed by atoms with E-state index in [0.29, 0.717) is 6.04 Å². The van der Waals surface area contributed by atoms with E-state index in [9.17, 15) is 0 Å². The van der Waals surface area contributed by atoms with Crippen LogP contribution in [0.4, 0.5) is 0 Å². The number of hydrogen-bond donors (Lipinski definition) is 1. The standard InChI is InChI=1S/C13H31N3/c1-6-7-8-9-10-11-12-16(13(2)3)15(5)14-4/h13-14H,6-12H2,1-5H3. The minimum atomic E-state index is 0.563. The molecule has 3 heteroatoms. The van der Waals surface area contributed by atoms with E-state index in [4.69, 9.17) is 0 Å². The van der Waals surface area contributed by atoms with E-state index >= 15 is 0 Å². The van der Waals surface area contributed by atoms with Crippen molar-refractivity contribution in [3.05, 3.63) is 0 Å². The molecule has 0 aromatic carbocycles. The molecule has 98 valence electrons. The summed E-state index contributed by atoms with van der Waals surface area (Å²) in [6.45, 7) is 7.90. The number of nitrogens with zero attached hydrogens (tertiary/aromatic N) is 2. The topological polar surface area (TPSA) is 18.5 Å². The zero-order valence-electron chi connectivity index (χ0n) is 11.9. The van der Waals surface area contributed by atoms with Gasteiger partial charge in [0, 0.05) is 26.7 Å². The summed E-state index contributed by atoms with van der Waals surface area (Å²) >= 11 is 0. The average Bonchev–Trinajstić information content (AvgIpc) is 2.26. The van der Waals surface area contributed by atoms with Crippen LogP contribution in [0.25, 0.3) is 0 Å². The molecule has 1 N–H and O–H groups in total. The molecule has 0 aromatic rings. The zero-order chi connectivity index (χ0) is 12.4. The van der Waals surface area contributed by atoms with Crippen LogP contribution in [-0.4, -0.2) is 36.8 Å². The third-order valence-electron chi connectivity index (χ3n) is 3.05. The first-order chi connectivity index (χ1) is 7.63. The smallest absolute Gasteiger partial charge is 0.0202 e. The molecule has 0 unspecified atom stereocenters. The lowest BCUT2D eigenvalue weighted by atomic mass is 10.1. The number of hydrazine groups is 2. The highest BCUT2D eigenvalue weighted by Crippen LogP contribution is 2.08. The van der Waals surface area contributed by atoms with E-state index in [1.807, 2.05) is 7.05 Å². The van der Waals surface area contributed by atoms with E-state index in [-0.39, 0.29) is 0 Å². The van der Waals surface area contributed by atoms with E-state index in [1.54, 1.807) is 0 Å². The van der Waals surface area contributed by atoms with Gasteiger partial charge in [0.25, 0.3) is 0 Å². The molecular weight excluding hydrogens is 198 g/mol. The molecule has 0 saturated carbocycles. The number of rotatable bonds is 10. The van der Waals surface area contributed by atoms with Gasteiger partial charge in [0.05, 0.1) is 0 Å². The fraction of sp³-hybridized carbons (Fsp3) is 1.00. The number of unbranched alkanes of at least 4 members (excludes halogenated alkanes) is 5. The van der Waals surface area contributed by atoms with Gasteiger partial charge in [-0.05, 0) is 20.3 Å². The van der Waals surface area contributed by atoms with Crippen molar-refractivity contribution in [3.63, 3.8) is 0 Å². The maximum atomic E-state index is 3.17. The van der Waals surface area contributed by atoms with Crippen LogP contribution in [0.2, 0.25) is 0 Å². The Bertz CT molecular complexity index is 148. The van der Waals surface area contributed by atoms with Crippen LogP contribution in [-0.2, 0) is 0 Å². The van der Waals surface area contributed by atoms with Crippen LogP contribution >= 0.6 is 0 Å². The highest BCUT2D eigenvalue weighted by Gasteiger charge is 2.12. The Hall–Kier alpha value is -0.120. The predicted octanol–water partition coefficient (Wildman–Crippen LogP) is 3.04. The summed E-state index contributed by atoms with van der Waals surface area (Å²) in [5, 5.41) is 4.47. The Balaban J connectivity index is 3.61. The number of hydrogen-bond acceptors (Lipinski definition) is 3. The lowest BCUT2D eigenvalue weighted by molar-refractivity contribution is -0.0643. The van der Waals surface area contributed by atoms with Crippen LogP contribution in [0, 0.1) is 0 Å². The molecular formula is C13H31N3. The van der Waals surface area contributed by atoms with Crippen LogP contribution in [0.1, 0.15) is 59.3 Å². The summed E-state index contributed by atoms with van der Waals surface area (Å²) < 4.78 is 0. The van der Waals surface area contributed by atoms with Gasteiger partial charge in [-0.1, -0.05) is 39.0 Å². The largest absolute Gasteiger partial charge is 0.245 e. The van der Waals surface area contributed by atoms with Gasteiger partial charge in [0.1, 0.15) is 0 Å². The highest BCUT2D eigenvalue weighted by molar-refractivity contribution is 4.57. The lowest BCUT2D eigenvalue weighted by Gasteiger charge is -2.34. The first kappa shape index (κ1) is 15.9. The van der Waals surface area contributed by atoms with Crippen molar-refractivity contribution < 1.29 is 0 Å². The Morgan fingerprint density at radius 2 is 1.56 bits per heavy atom. The monoisotopic (exact) mass is 229 g/mol. The second kappa shape index (κ2) is 10.1. The SMILES string of the molecule is CCCCCCCCN(C(C)C)N(C)NC. The summed E-state index contributed by atoms with van der Waals surface area (Å²) in [5.41, 5.74) is 3.17. The molecule has 0 heterocycles. The van der Waals surface area contributed by atoms with Gasteiger partial charge < -0.3 is 0 Å². The van der Waals surface area contributed by atoms with Gasteiger partial charge in [-0.3, -0.25) is 0 Å². The van der Waals surface area contributed by atoms with Gasteiger partial charge in [-0.15, -0.1) is 0 Å².